The highest BCUT2D eigenvalue weighted by Crippen LogP contribution is 2.31. The molecule has 0 fully saturated rings. The molecule has 0 aliphatic rings. The van der Waals surface area contributed by atoms with Gasteiger partial charge in [-0.3, -0.25) is 4.79 Å². The summed E-state index contributed by atoms with van der Waals surface area (Å²) in [7, 11) is -4.08. The van der Waals surface area contributed by atoms with E-state index in [1.165, 1.54) is 12.1 Å². The molecule has 0 saturated heterocycles. The zero-order valence-electron chi connectivity index (χ0n) is 25.3. The third kappa shape index (κ3) is 7.77. The van der Waals surface area contributed by atoms with Crippen LogP contribution in [0.2, 0.25) is 0 Å². The normalized spacial score (nSPS) is 11.3. The van der Waals surface area contributed by atoms with E-state index >= 15 is 0 Å². The third-order valence-corrected chi connectivity index (χ3v) is 8.64. The summed E-state index contributed by atoms with van der Waals surface area (Å²) < 4.78 is 34.8. The van der Waals surface area contributed by atoms with Crippen LogP contribution in [0.25, 0.3) is 22.2 Å². The van der Waals surface area contributed by atoms with Crippen molar-refractivity contribution in [2.45, 2.75) is 57.4 Å². The molecule has 232 valence electrons. The van der Waals surface area contributed by atoms with E-state index in [9.17, 15) is 18.0 Å². The quantitative estimate of drug-likeness (QED) is 0.150. The summed E-state index contributed by atoms with van der Waals surface area (Å²) in [5, 5.41) is 2.99. The minimum Gasteiger partial charge on any atom is -0.409 e. The molecular weight excluding hydrogens is 588 g/mol. The first-order valence-corrected chi connectivity index (χ1v) is 16.5. The Morgan fingerprint density at radius 3 is 2.33 bits per heavy atom. The number of aromatic nitrogens is 2. The summed E-state index contributed by atoms with van der Waals surface area (Å²) >= 11 is 0. The minimum absolute atomic E-state index is 0.00993. The maximum Gasteiger partial charge on any atom is 0.426 e. The van der Waals surface area contributed by atoms with Gasteiger partial charge < -0.3 is 14.6 Å². The van der Waals surface area contributed by atoms with Crippen LogP contribution in [-0.2, 0) is 27.8 Å². The number of para-hydroxylation sites is 1. The molecule has 0 aliphatic carbocycles. The summed E-state index contributed by atoms with van der Waals surface area (Å²) in [5.74, 6) is 1.21. The second-order valence-corrected chi connectivity index (χ2v) is 12.4. The molecule has 0 radical (unpaired) electrons. The molecule has 10 heteroatoms. The van der Waals surface area contributed by atoms with E-state index in [-0.39, 0.29) is 16.6 Å². The van der Waals surface area contributed by atoms with Gasteiger partial charge in [0, 0.05) is 30.6 Å². The van der Waals surface area contributed by atoms with Gasteiger partial charge in [-0.2, -0.15) is 0 Å². The first kappa shape index (κ1) is 31.5. The van der Waals surface area contributed by atoms with Crippen molar-refractivity contribution < 1.29 is 22.7 Å². The molecule has 45 heavy (non-hydrogen) atoms. The third-order valence-electron chi connectivity index (χ3n) is 7.31. The van der Waals surface area contributed by atoms with Crippen LogP contribution in [-0.4, -0.2) is 30.0 Å². The number of hydrogen-bond acceptors (Lipinski definition) is 6. The van der Waals surface area contributed by atoms with Gasteiger partial charge in [0.2, 0.25) is 5.91 Å². The number of nitrogens with zero attached hydrogens (tertiary/aromatic N) is 2. The summed E-state index contributed by atoms with van der Waals surface area (Å²) in [6.45, 7) is 4.71. The Kier molecular flexibility index (Phi) is 9.94. The van der Waals surface area contributed by atoms with E-state index in [0.29, 0.717) is 18.5 Å². The standard InChI is InChI=1S/C35H36N4O5S/c1-3-5-16-33-37-30-22-21-27(36-34(40)11-4-2)23-31(30)39(33)24-25-17-19-26(20-18-25)29-14-9-10-15-32(29)44-35(41)38-45(42,43)28-12-7-6-8-13-28/h6-10,12-15,17-23H,3-5,11,16,24H2,1-2H3,(H,36,40)(H,38,41). The molecule has 4 aromatic carbocycles. The van der Waals surface area contributed by atoms with Crippen LogP contribution in [0, 0.1) is 0 Å². The zero-order valence-corrected chi connectivity index (χ0v) is 26.1. The van der Waals surface area contributed by atoms with E-state index in [1.54, 1.807) is 30.3 Å². The van der Waals surface area contributed by atoms with Crippen molar-refractivity contribution in [1.82, 2.24) is 14.3 Å². The predicted molar refractivity (Wildman–Crippen MR) is 176 cm³/mol. The molecule has 1 heterocycles. The molecule has 2 N–H and O–H groups in total. The lowest BCUT2D eigenvalue weighted by atomic mass is 10.0. The maximum absolute atomic E-state index is 12.6. The molecule has 5 rings (SSSR count). The minimum atomic E-state index is -4.08. The fraction of sp³-hybridized carbons (Fsp3) is 0.229. The number of imidazole rings is 1. The van der Waals surface area contributed by atoms with Crippen molar-refractivity contribution >= 4 is 38.7 Å². The largest absolute Gasteiger partial charge is 0.426 e. The van der Waals surface area contributed by atoms with Gasteiger partial charge in [-0.05, 0) is 60.4 Å². The van der Waals surface area contributed by atoms with Crippen molar-refractivity contribution in [1.29, 1.82) is 0 Å². The van der Waals surface area contributed by atoms with Crippen molar-refractivity contribution in [2.24, 2.45) is 0 Å². The topological polar surface area (TPSA) is 119 Å². The highest BCUT2D eigenvalue weighted by molar-refractivity contribution is 7.90. The Morgan fingerprint density at radius 2 is 1.60 bits per heavy atom. The first-order chi connectivity index (χ1) is 21.8. The number of carbonyl (C=O) groups excluding carboxylic acids is 2. The van der Waals surface area contributed by atoms with Crippen molar-refractivity contribution in [2.75, 3.05) is 5.32 Å². The monoisotopic (exact) mass is 624 g/mol. The van der Waals surface area contributed by atoms with E-state index in [2.05, 4.69) is 16.8 Å². The van der Waals surface area contributed by atoms with Gasteiger partial charge in [0.1, 0.15) is 11.6 Å². The molecule has 2 amide bonds. The number of nitrogens with one attached hydrogen (secondary N) is 2. The fourth-order valence-corrected chi connectivity index (χ4v) is 5.95. The SMILES string of the molecule is CCCCc1nc2ccc(NC(=O)CCC)cc2n1Cc1ccc(-c2ccccc2OC(=O)NS(=O)(=O)c2ccccc2)cc1. The summed E-state index contributed by atoms with van der Waals surface area (Å²) in [4.78, 5) is 29.7. The van der Waals surface area contributed by atoms with E-state index in [0.717, 1.165) is 59.4 Å². The number of anilines is 1. The van der Waals surface area contributed by atoms with E-state index in [1.807, 2.05) is 66.2 Å². The Labute approximate surface area is 263 Å². The molecule has 5 aromatic rings. The summed E-state index contributed by atoms with van der Waals surface area (Å²) in [6, 6.07) is 28.3. The number of sulfonamides is 1. The average Bonchev–Trinajstić information content (AvgIpc) is 3.37. The van der Waals surface area contributed by atoms with E-state index in [4.69, 9.17) is 9.72 Å². The van der Waals surface area contributed by atoms with Gasteiger partial charge >= 0.3 is 6.09 Å². The summed E-state index contributed by atoms with van der Waals surface area (Å²) in [5.41, 5.74) is 5.06. The molecule has 0 bridgehead atoms. The lowest BCUT2D eigenvalue weighted by Crippen LogP contribution is -2.33. The number of fused-ring (bicyclic) bond motifs is 1. The molecule has 0 unspecified atom stereocenters. The number of aryl methyl sites for hydroxylation is 1. The van der Waals surface area contributed by atoms with Crippen LogP contribution < -0.4 is 14.8 Å². The zero-order chi connectivity index (χ0) is 31.8. The lowest BCUT2D eigenvalue weighted by molar-refractivity contribution is -0.116. The van der Waals surface area contributed by atoms with Gasteiger partial charge in [-0.1, -0.05) is 80.9 Å². The number of unbranched alkanes of at least 4 members (excludes halogenated alkanes) is 1. The molecule has 1 aromatic heterocycles. The molecule has 0 aliphatic heterocycles. The smallest absolute Gasteiger partial charge is 0.409 e. The first-order valence-electron chi connectivity index (χ1n) is 15.0. The van der Waals surface area contributed by atoms with Gasteiger partial charge in [0.05, 0.1) is 15.9 Å². The van der Waals surface area contributed by atoms with Crippen LogP contribution in [0.3, 0.4) is 0 Å². The predicted octanol–water partition coefficient (Wildman–Crippen LogP) is 7.31. The van der Waals surface area contributed by atoms with E-state index < -0.39 is 16.1 Å². The Bertz CT molecular complexity index is 1900. The lowest BCUT2D eigenvalue weighted by Gasteiger charge is -2.13. The van der Waals surface area contributed by atoms with Crippen LogP contribution >= 0.6 is 0 Å². The number of benzene rings is 4. The fourth-order valence-electron chi connectivity index (χ4n) is 5.06. The van der Waals surface area contributed by atoms with Gasteiger partial charge in [-0.25, -0.2) is 22.9 Å². The maximum atomic E-state index is 12.6. The second kappa shape index (κ2) is 14.2. The highest BCUT2D eigenvalue weighted by atomic mass is 32.2. The summed E-state index contributed by atoms with van der Waals surface area (Å²) in [6.07, 6.45) is 3.06. The number of hydrogen-bond donors (Lipinski definition) is 2. The molecular formula is C35H36N4O5S. The second-order valence-electron chi connectivity index (χ2n) is 10.7. The van der Waals surface area contributed by atoms with Crippen molar-refractivity contribution in [3.63, 3.8) is 0 Å². The van der Waals surface area contributed by atoms with Crippen LogP contribution in [0.5, 0.6) is 5.75 Å². The van der Waals surface area contributed by atoms with Crippen LogP contribution in [0.1, 0.15) is 50.9 Å². The van der Waals surface area contributed by atoms with Crippen LogP contribution in [0.15, 0.2) is 102 Å². The molecule has 0 spiro atoms. The van der Waals surface area contributed by atoms with Crippen molar-refractivity contribution in [3.8, 4) is 16.9 Å². The van der Waals surface area contributed by atoms with Gasteiger partial charge in [-0.15, -0.1) is 0 Å². The Hall–Kier alpha value is -4.96. The molecule has 0 saturated carbocycles. The number of ether oxygens (including phenoxy) is 1. The number of carbonyl (C=O) groups is 2. The van der Waals surface area contributed by atoms with Crippen molar-refractivity contribution in [3.05, 3.63) is 108 Å². The molecule has 9 nitrogen and oxygen atoms in total. The number of amides is 2. The van der Waals surface area contributed by atoms with Gasteiger partial charge in [0.15, 0.2) is 0 Å². The Morgan fingerprint density at radius 1 is 0.867 bits per heavy atom. The molecule has 0 atom stereocenters. The Balaban J connectivity index is 1.36. The van der Waals surface area contributed by atoms with Gasteiger partial charge in [0.25, 0.3) is 10.0 Å². The average molecular weight is 625 g/mol. The van der Waals surface area contributed by atoms with Crippen LogP contribution in [0.4, 0.5) is 10.5 Å². The number of rotatable bonds is 12. The highest BCUT2D eigenvalue weighted by Gasteiger charge is 2.20.